The van der Waals surface area contributed by atoms with Gasteiger partial charge in [-0.3, -0.25) is 4.90 Å². The van der Waals surface area contributed by atoms with Crippen molar-refractivity contribution >= 4 is 11.2 Å². The van der Waals surface area contributed by atoms with Gasteiger partial charge in [0.05, 0.1) is 12.2 Å². The monoisotopic (exact) mass is 333 g/mol. The quantitative estimate of drug-likeness (QED) is 0.913. The van der Waals surface area contributed by atoms with E-state index in [1.807, 2.05) is 0 Å². The molecular formula is C18H28FN5. The lowest BCUT2D eigenvalue weighted by Gasteiger charge is -2.30. The summed E-state index contributed by atoms with van der Waals surface area (Å²) in [5.74, 6) is 0.705. The zero-order valence-corrected chi connectivity index (χ0v) is 14.9. The highest BCUT2D eigenvalue weighted by Gasteiger charge is 2.27. The van der Waals surface area contributed by atoms with Gasteiger partial charge in [0.25, 0.3) is 0 Å². The number of aromatic nitrogens is 3. The van der Waals surface area contributed by atoms with Gasteiger partial charge in [-0.15, -0.1) is 0 Å². The molecule has 132 valence electrons. The summed E-state index contributed by atoms with van der Waals surface area (Å²) < 4.78 is 15.7. The predicted octanol–water partition coefficient (Wildman–Crippen LogP) is 3.12. The molecule has 3 heterocycles. The topological polar surface area (TPSA) is 46.0 Å². The second kappa shape index (κ2) is 7.57. The van der Waals surface area contributed by atoms with Crippen LogP contribution in [-0.4, -0.2) is 45.1 Å². The molecule has 0 radical (unpaired) electrons. The van der Waals surface area contributed by atoms with Crippen LogP contribution in [-0.2, 0) is 6.54 Å². The Morgan fingerprint density at radius 3 is 2.96 bits per heavy atom. The van der Waals surface area contributed by atoms with Crippen LogP contribution in [0.15, 0.2) is 12.3 Å². The highest BCUT2D eigenvalue weighted by molar-refractivity contribution is 5.71. The number of aryl methyl sites for hydroxylation is 1. The molecular weight excluding hydrogens is 305 g/mol. The van der Waals surface area contributed by atoms with Gasteiger partial charge in [-0.2, -0.15) is 0 Å². The van der Waals surface area contributed by atoms with E-state index in [0.717, 1.165) is 56.9 Å². The van der Waals surface area contributed by atoms with E-state index in [1.54, 1.807) is 0 Å². The summed E-state index contributed by atoms with van der Waals surface area (Å²) in [7, 11) is 0. The summed E-state index contributed by atoms with van der Waals surface area (Å²) in [6.45, 7) is 10.4. The molecule has 0 aliphatic carbocycles. The van der Waals surface area contributed by atoms with Gasteiger partial charge in [-0.1, -0.05) is 13.3 Å². The molecule has 2 aromatic heterocycles. The lowest BCUT2D eigenvalue weighted by atomic mass is 10.1. The minimum absolute atomic E-state index is 0.263. The lowest BCUT2D eigenvalue weighted by Crippen LogP contribution is -2.34. The van der Waals surface area contributed by atoms with Crippen LogP contribution in [0.2, 0.25) is 0 Å². The van der Waals surface area contributed by atoms with E-state index in [2.05, 4.69) is 40.5 Å². The van der Waals surface area contributed by atoms with Gasteiger partial charge < -0.3 is 9.88 Å². The molecule has 1 saturated heterocycles. The van der Waals surface area contributed by atoms with Crippen LogP contribution in [0, 0.1) is 5.82 Å². The third kappa shape index (κ3) is 3.44. The first-order chi connectivity index (χ1) is 11.6. The van der Waals surface area contributed by atoms with Crippen molar-refractivity contribution in [3.05, 3.63) is 23.9 Å². The number of halogens is 1. The summed E-state index contributed by atoms with van der Waals surface area (Å²) >= 11 is 0. The fraction of sp³-hybridized carbons (Fsp3) is 0.667. The summed E-state index contributed by atoms with van der Waals surface area (Å²) in [6.07, 6.45) is 4.57. The summed E-state index contributed by atoms with van der Waals surface area (Å²) in [5, 5.41) is 3.55. The molecule has 1 fully saturated rings. The van der Waals surface area contributed by atoms with E-state index in [4.69, 9.17) is 4.98 Å². The fourth-order valence-electron chi connectivity index (χ4n) is 3.66. The maximum Gasteiger partial charge on any atom is 0.160 e. The Morgan fingerprint density at radius 1 is 1.38 bits per heavy atom. The van der Waals surface area contributed by atoms with Crippen molar-refractivity contribution in [3.8, 4) is 0 Å². The highest BCUT2D eigenvalue weighted by atomic mass is 19.1. The standard InChI is InChI=1S/C18H28FN5/c1-4-6-16(23-9-7-13(3)20-8-10-23)18-22-15-11-14(19)12-21-17(15)24(18)5-2/h11-13,16,20H,4-10H2,1-3H3/t13-,16+/m0/s1. The number of pyridine rings is 1. The van der Waals surface area contributed by atoms with Gasteiger partial charge in [0.15, 0.2) is 5.65 Å². The second-order valence-corrected chi connectivity index (χ2v) is 6.69. The van der Waals surface area contributed by atoms with Crippen LogP contribution in [0.25, 0.3) is 11.2 Å². The molecule has 24 heavy (non-hydrogen) atoms. The van der Waals surface area contributed by atoms with Crippen molar-refractivity contribution < 1.29 is 4.39 Å². The van der Waals surface area contributed by atoms with Gasteiger partial charge in [0.1, 0.15) is 17.2 Å². The Hall–Kier alpha value is -1.53. The van der Waals surface area contributed by atoms with Gasteiger partial charge in [-0.05, 0) is 26.7 Å². The van der Waals surface area contributed by atoms with E-state index >= 15 is 0 Å². The van der Waals surface area contributed by atoms with Crippen LogP contribution in [0.4, 0.5) is 4.39 Å². The zero-order valence-electron chi connectivity index (χ0n) is 14.9. The fourth-order valence-corrected chi connectivity index (χ4v) is 3.66. The van der Waals surface area contributed by atoms with Gasteiger partial charge in [0.2, 0.25) is 0 Å². The molecule has 0 spiro atoms. The van der Waals surface area contributed by atoms with Crippen LogP contribution < -0.4 is 5.32 Å². The molecule has 0 bridgehead atoms. The smallest absolute Gasteiger partial charge is 0.160 e. The highest BCUT2D eigenvalue weighted by Crippen LogP contribution is 2.29. The van der Waals surface area contributed by atoms with Crippen molar-refractivity contribution in [2.75, 3.05) is 19.6 Å². The van der Waals surface area contributed by atoms with E-state index in [1.165, 1.54) is 12.3 Å². The Morgan fingerprint density at radius 2 is 2.21 bits per heavy atom. The van der Waals surface area contributed by atoms with Crippen molar-refractivity contribution in [1.29, 1.82) is 0 Å². The third-order valence-electron chi connectivity index (χ3n) is 4.94. The Bertz CT molecular complexity index is 683. The van der Waals surface area contributed by atoms with E-state index in [0.29, 0.717) is 11.6 Å². The molecule has 6 heteroatoms. The minimum Gasteiger partial charge on any atom is -0.313 e. The normalized spacial score (nSPS) is 21.1. The van der Waals surface area contributed by atoms with Gasteiger partial charge in [-0.25, -0.2) is 14.4 Å². The summed E-state index contributed by atoms with van der Waals surface area (Å²) in [6, 6.07) is 2.31. The van der Waals surface area contributed by atoms with Crippen LogP contribution in [0.1, 0.15) is 51.9 Å². The first-order valence-corrected chi connectivity index (χ1v) is 9.13. The number of nitrogens with zero attached hydrogens (tertiary/aromatic N) is 4. The number of rotatable bonds is 5. The number of hydrogen-bond donors (Lipinski definition) is 1. The van der Waals surface area contributed by atoms with Gasteiger partial charge >= 0.3 is 0 Å². The molecule has 5 nitrogen and oxygen atoms in total. The first kappa shape index (κ1) is 17.3. The molecule has 0 amide bonds. The maximum atomic E-state index is 13.6. The predicted molar refractivity (Wildman–Crippen MR) is 94.5 cm³/mol. The zero-order chi connectivity index (χ0) is 17.1. The van der Waals surface area contributed by atoms with E-state index < -0.39 is 0 Å². The molecule has 1 aliphatic rings. The van der Waals surface area contributed by atoms with Crippen molar-refractivity contribution in [2.24, 2.45) is 0 Å². The second-order valence-electron chi connectivity index (χ2n) is 6.69. The Labute approximate surface area is 143 Å². The molecule has 1 aliphatic heterocycles. The molecule has 2 atom stereocenters. The SMILES string of the molecule is CCC[C@H](c1nc2cc(F)cnc2n1CC)N1CCN[C@@H](C)CC1. The number of imidazole rings is 1. The minimum atomic E-state index is -0.324. The summed E-state index contributed by atoms with van der Waals surface area (Å²) in [5.41, 5.74) is 1.45. The maximum absolute atomic E-state index is 13.6. The Kier molecular flexibility index (Phi) is 5.46. The van der Waals surface area contributed by atoms with Gasteiger partial charge in [0, 0.05) is 38.3 Å². The largest absolute Gasteiger partial charge is 0.313 e. The van der Waals surface area contributed by atoms with E-state index in [9.17, 15) is 4.39 Å². The molecule has 0 unspecified atom stereocenters. The van der Waals surface area contributed by atoms with Crippen LogP contribution >= 0.6 is 0 Å². The number of nitrogens with one attached hydrogen (secondary N) is 1. The number of hydrogen-bond acceptors (Lipinski definition) is 4. The van der Waals surface area contributed by atoms with Crippen LogP contribution in [0.5, 0.6) is 0 Å². The van der Waals surface area contributed by atoms with Crippen molar-refractivity contribution in [2.45, 2.75) is 58.7 Å². The Balaban J connectivity index is 1.99. The average molecular weight is 333 g/mol. The lowest BCUT2D eigenvalue weighted by molar-refractivity contribution is 0.186. The summed E-state index contributed by atoms with van der Waals surface area (Å²) in [4.78, 5) is 11.6. The number of fused-ring (bicyclic) bond motifs is 1. The third-order valence-corrected chi connectivity index (χ3v) is 4.94. The van der Waals surface area contributed by atoms with Crippen molar-refractivity contribution in [1.82, 2.24) is 24.8 Å². The molecule has 2 aromatic rings. The van der Waals surface area contributed by atoms with Crippen LogP contribution in [0.3, 0.4) is 0 Å². The average Bonchev–Trinajstić information content (AvgIpc) is 2.78. The van der Waals surface area contributed by atoms with E-state index in [-0.39, 0.29) is 11.9 Å². The molecule has 1 N–H and O–H groups in total. The molecule has 0 saturated carbocycles. The first-order valence-electron chi connectivity index (χ1n) is 9.13. The molecule has 3 rings (SSSR count). The van der Waals surface area contributed by atoms with Crippen molar-refractivity contribution in [3.63, 3.8) is 0 Å². The molecule has 0 aromatic carbocycles.